The largest absolute Gasteiger partial charge is 0.454 e. The fraction of sp³-hybridized carbons (Fsp3) is 0.500. The van der Waals surface area contributed by atoms with Crippen LogP contribution in [0.15, 0.2) is 23.0 Å². The molecule has 1 aromatic heterocycles. The molecule has 1 atom stereocenters. The number of aromatic nitrogens is 1. The van der Waals surface area contributed by atoms with Gasteiger partial charge in [-0.25, -0.2) is 0 Å². The number of benzene rings is 1. The number of nitrogens with zero attached hydrogens (tertiary/aromatic N) is 1. The summed E-state index contributed by atoms with van der Waals surface area (Å²) in [6, 6.07) is 6.11. The lowest BCUT2D eigenvalue weighted by atomic mass is 10.0. The van der Waals surface area contributed by atoms with Gasteiger partial charge in [-0.15, -0.1) is 0 Å². The van der Waals surface area contributed by atoms with Crippen LogP contribution in [-0.4, -0.2) is 43.0 Å². The number of methoxy groups -OCH3 is 1. The average Bonchev–Trinajstić information content (AvgIpc) is 3.03. The fourth-order valence-corrected chi connectivity index (χ4v) is 3.63. The predicted molar refractivity (Wildman–Crippen MR) is 90.6 cm³/mol. The number of piperidine rings is 1. The zero-order chi connectivity index (χ0) is 16.5. The van der Waals surface area contributed by atoms with E-state index in [1.165, 1.54) is 12.8 Å². The maximum absolute atomic E-state index is 12.5. The second-order valence-electron chi connectivity index (χ2n) is 6.49. The molecular formula is C18H22N2O4. The van der Waals surface area contributed by atoms with Crippen molar-refractivity contribution in [1.82, 2.24) is 9.88 Å². The number of ether oxygens (including phenoxy) is 3. The van der Waals surface area contributed by atoms with Crippen LogP contribution in [0.2, 0.25) is 0 Å². The molecule has 0 amide bonds. The Morgan fingerprint density at radius 2 is 2.08 bits per heavy atom. The van der Waals surface area contributed by atoms with Gasteiger partial charge in [0.05, 0.1) is 12.1 Å². The molecule has 24 heavy (non-hydrogen) atoms. The smallest absolute Gasteiger partial charge is 0.252 e. The predicted octanol–water partition coefficient (Wildman–Crippen LogP) is 2.26. The SMILES string of the molecule is COC[C@H]1CCCCN1Cc1cc2cc3c(cc2[nH]c1=O)OCO3. The molecule has 128 valence electrons. The molecule has 1 aromatic carbocycles. The number of pyridine rings is 1. The number of fused-ring (bicyclic) bond motifs is 2. The van der Waals surface area contributed by atoms with E-state index < -0.39 is 0 Å². The lowest BCUT2D eigenvalue weighted by molar-refractivity contribution is 0.0598. The summed E-state index contributed by atoms with van der Waals surface area (Å²) in [5, 5.41) is 0.967. The third kappa shape index (κ3) is 2.87. The summed E-state index contributed by atoms with van der Waals surface area (Å²) in [5.74, 6) is 1.41. The normalized spacial score (nSPS) is 20.6. The van der Waals surface area contributed by atoms with Crippen molar-refractivity contribution in [2.75, 3.05) is 27.1 Å². The first kappa shape index (κ1) is 15.5. The highest BCUT2D eigenvalue weighted by Crippen LogP contribution is 2.35. The summed E-state index contributed by atoms with van der Waals surface area (Å²) in [6.45, 7) is 2.60. The van der Waals surface area contributed by atoms with Gasteiger partial charge in [-0.1, -0.05) is 6.42 Å². The first-order valence-electron chi connectivity index (χ1n) is 8.43. The van der Waals surface area contributed by atoms with Crippen molar-refractivity contribution in [3.05, 3.63) is 34.1 Å². The number of aromatic amines is 1. The molecule has 0 bridgehead atoms. The van der Waals surface area contributed by atoms with Gasteiger partial charge in [-0.3, -0.25) is 9.69 Å². The van der Waals surface area contributed by atoms with Crippen molar-refractivity contribution in [3.63, 3.8) is 0 Å². The van der Waals surface area contributed by atoms with Gasteiger partial charge in [0.1, 0.15) is 0 Å². The van der Waals surface area contributed by atoms with Gasteiger partial charge < -0.3 is 19.2 Å². The van der Waals surface area contributed by atoms with E-state index in [1.807, 2.05) is 18.2 Å². The molecule has 2 aliphatic rings. The van der Waals surface area contributed by atoms with Crippen molar-refractivity contribution in [2.24, 2.45) is 0 Å². The molecule has 0 radical (unpaired) electrons. The molecule has 0 aliphatic carbocycles. The maximum Gasteiger partial charge on any atom is 0.252 e. The highest BCUT2D eigenvalue weighted by molar-refractivity contribution is 5.83. The highest BCUT2D eigenvalue weighted by Gasteiger charge is 2.23. The fourth-order valence-electron chi connectivity index (χ4n) is 3.63. The van der Waals surface area contributed by atoms with Crippen molar-refractivity contribution < 1.29 is 14.2 Å². The number of likely N-dealkylation sites (tertiary alicyclic amines) is 1. The van der Waals surface area contributed by atoms with E-state index in [0.717, 1.165) is 35.2 Å². The summed E-state index contributed by atoms with van der Waals surface area (Å²) >= 11 is 0. The molecule has 6 heteroatoms. The number of nitrogens with one attached hydrogen (secondary N) is 1. The minimum atomic E-state index is -0.0388. The Bertz CT molecular complexity index is 799. The summed E-state index contributed by atoms with van der Waals surface area (Å²) < 4.78 is 16.1. The Labute approximate surface area is 140 Å². The molecule has 2 aromatic rings. The Morgan fingerprint density at radius 3 is 2.92 bits per heavy atom. The van der Waals surface area contributed by atoms with E-state index in [0.29, 0.717) is 24.9 Å². The van der Waals surface area contributed by atoms with Gasteiger partial charge in [-0.2, -0.15) is 0 Å². The first-order chi connectivity index (χ1) is 11.7. The molecule has 6 nitrogen and oxygen atoms in total. The van der Waals surface area contributed by atoms with E-state index >= 15 is 0 Å². The van der Waals surface area contributed by atoms with Crippen LogP contribution in [0.1, 0.15) is 24.8 Å². The lowest BCUT2D eigenvalue weighted by Gasteiger charge is -2.35. The van der Waals surface area contributed by atoms with Crippen LogP contribution >= 0.6 is 0 Å². The van der Waals surface area contributed by atoms with Gasteiger partial charge in [-0.05, 0) is 31.5 Å². The van der Waals surface area contributed by atoms with E-state index in [-0.39, 0.29) is 12.4 Å². The third-order valence-electron chi connectivity index (χ3n) is 4.90. The van der Waals surface area contributed by atoms with Gasteiger partial charge in [0.25, 0.3) is 5.56 Å². The van der Waals surface area contributed by atoms with Crippen molar-refractivity contribution in [3.8, 4) is 11.5 Å². The third-order valence-corrected chi connectivity index (χ3v) is 4.90. The summed E-state index contributed by atoms with van der Waals surface area (Å²) in [7, 11) is 1.73. The minimum absolute atomic E-state index is 0.0388. The first-order valence-corrected chi connectivity index (χ1v) is 8.43. The second-order valence-corrected chi connectivity index (χ2v) is 6.49. The van der Waals surface area contributed by atoms with E-state index in [4.69, 9.17) is 14.2 Å². The van der Waals surface area contributed by atoms with Crippen molar-refractivity contribution in [1.29, 1.82) is 0 Å². The van der Waals surface area contributed by atoms with Crippen LogP contribution in [0.3, 0.4) is 0 Å². The molecular weight excluding hydrogens is 308 g/mol. The maximum atomic E-state index is 12.5. The Hall–Kier alpha value is -2.05. The Kier molecular flexibility index (Phi) is 4.16. The molecule has 0 saturated carbocycles. The number of H-pyrrole nitrogens is 1. The minimum Gasteiger partial charge on any atom is -0.454 e. The molecule has 3 heterocycles. The molecule has 0 spiro atoms. The van der Waals surface area contributed by atoms with Crippen LogP contribution in [0, 0.1) is 0 Å². The van der Waals surface area contributed by atoms with Gasteiger partial charge >= 0.3 is 0 Å². The van der Waals surface area contributed by atoms with E-state index in [9.17, 15) is 4.79 Å². The van der Waals surface area contributed by atoms with Crippen LogP contribution in [0.5, 0.6) is 11.5 Å². The number of hydrogen-bond acceptors (Lipinski definition) is 5. The van der Waals surface area contributed by atoms with E-state index in [2.05, 4.69) is 9.88 Å². The quantitative estimate of drug-likeness (QED) is 0.931. The molecule has 2 aliphatic heterocycles. The highest BCUT2D eigenvalue weighted by atomic mass is 16.7. The Balaban J connectivity index is 1.65. The number of hydrogen-bond donors (Lipinski definition) is 1. The lowest BCUT2D eigenvalue weighted by Crippen LogP contribution is -2.42. The zero-order valence-corrected chi connectivity index (χ0v) is 13.8. The van der Waals surface area contributed by atoms with Gasteiger partial charge in [0.2, 0.25) is 6.79 Å². The molecule has 1 saturated heterocycles. The molecule has 1 N–H and O–H groups in total. The number of rotatable bonds is 4. The summed E-state index contributed by atoms with van der Waals surface area (Å²) in [6.07, 6.45) is 3.52. The molecule has 4 rings (SSSR count). The van der Waals surface area contributed by atoms with Crippen LogP contribution in [-0.2, 0) is 11.3 Å². The molecule has 1 fully saturated rings. The average molecular weight is 330 g/mol. The summed E-state index contributed by atoms with van der Waals surface area (Å²) in [4.78, 5) is 17.8. The van der Waals surface area contributed by atoms with Crippen LogP contribution in [0.4, 0.5) is 0 Å². The Morgan fingerprint density at radius 1 is 1.25 bits per heavy atom. The topological polar surface area (TPSA) is 63.8 Å². The van der Waals surface area contributed by atoms with Gasteiger partial charge in [0.15, 0.2) is 11.5 Å². The monoisotopic (exact) mass is 330 g/mol. The zero-order valence-electron chi connectivity index (χ0n) is 13.8. The molecule has 0 unspecified atom stereocenters. The van der Waals surface area contributed by atoms with Crippen LogP contribution in [0.25, 0.3) is 10.9 Å². The summed E-state index contributed by atoms with van der Waals surface area (Å²) in [5.41, 5.74) is 1.52. The van der Waals surface area contributed by atoms with E-state index in [1.54, 1.807) is 7.11 Å². The second kappa shape index (κ2) is 6.45. The van der Waals surface area contributed by atoms with Crippen LogP contribution < -0.4 is 15.0 Å². The van der Waals surface area contributed by atoms with Crippen molar-refractivity contribution in [2.45, 2.75) is 31.8 Å². The standard InChI is InChI=1S/C18H22N2O4/c1-22-10-14-4-2-3-5-20(14)9-13-6-12-7-16-17(24-11-23-16)8-15(12)19-18(13)21/h6-8,14H,2-5,9-11H2,1H3,(H,19,21)/t14-/m1/s1. The van der Waals surface area contributed by atoms with Crippen molar-refractivity contribution >= 4 is 10.9 Å². The van der Waals surface area contributed by atoms with Gasteiger partial charge in [0, 0.05) is 36.7 Å².